The summed E-state index contributed by atoms with van der Waals surface area (Å²) in [6.07, 6.45) is -0.945. The number of ether oxygens (including phenoxy) is 6. The van der Waals surface area contributed by atoms with E-state index in [1.807, 2.05) is 0 Å². The van der Waals surface area contributed by atoms with Gasteiger partial charge in [0.05, 0.1) is 54.1 Å². The smallest absolute Gasteiger partial charge is 0.413 e. The largest absolute Gasteiger partial charge is 0.453 e. The number of nitrogens with two attached hydrogens (primary N) is 4. The molecule has 0 bridgehead atoms. The molecular formula is C16H38N6O8. The second-order valence-corrected chi connectivity index (χ2v) is 5.27. The van der Waals surface area contributed by atoms with Crippen molar-refractivity contribution in [3.63, 3.8) is 0 Å². The number of rotatable bonds is 16. The Morgan fingerprint density at radius 1 is 0.633 bits per heavy atom. The first-order valence-corrected chi connectivity index (χ1v) is 9.29. The van der Waals surface area contributed by atoms with E-state index in [9.17, 15) is 9.59 Å². The minimum absolute atomic E-state index is 0.0170. The fourth-order valence-electron chi connectivity index (χ4n) is 1.74. The number of methoxy groups -OCH3 is 2. The van der Waals surface area contributed by atoms with Crippen LogP contribution in [0, 0.1) is 0 Å². The summed E-state index contributed by atoms with van der Waals surface area (Å²) >= 11 is 0. The van der Waals surface area contributed by atoms with E-state index in [2.05, 4.69) is 9.47 Å². The Morgan fingerprint density at radius 2 is 1.03 bits per heavy atom. The molecule has 0 saturated carbocycles. The van der Waals surface area contributed by atoms with E-state index in [4.69, 9.17) is 41.9 Å². The van der Waals surface area contributed by atoms with Crippen molar-refractivity contribution in [3.05, 3.63) is 0 Å². The van der Waals surface area contributed by atoms with Crippen LogP contribution < -0.4 is 22.9 Å². The third-order valence-electron chi connectivity index (χ3n) is 3.13. The molecular weight excluding hydrogens is 404 g/mol. The topological polar surface area (TPSA) is 200 Å². The maximum Gasteiger partial charge on any atom is 0.413 e. The predicted octanol–water partition coefficient (Wildman–Crippen LogP) is -2.16. The molecule has 0 atom stereocenters. The number of nitrogens with zero attached hydrogens (tertiary/aromatic N) is 2. The van der Waals surface area contributed by atoms with Crippen molar-refractivity contribution in [1.82, 2.24) is 9.80 Å². The van der Waals surface area contributed by atoms with Gasteiger partial charge in [-0.3, -0.25) is 4.90 Å². The summed E-state index contributed by atoms with van der Waals surface area (Å²) in [5.74, 6) is 0. The highest BCUT2D eigenvalue weighted by Gasteiger charge is 2.13. The second-order valence-electron chi connectivity index (χ2n) is 5.27. The van der Waals surface area contributed by atoms with Crippen LogP contribution in [0.4, 0.5) is 9.59 Å². The summed E-state index contributed by atoms with van der Waals surface area (Å²) in [6.45, 7) is 3.77. The summed E-state index contributed by atoms with van der Waals surface area (Å²) in [4.78, 5) is 25.1. The first kappa shape index (κ1) is 30.4. The van der Waals surface area contributed by atoms with Crippen LogP contribution >= 0.6 is 0 Å². The molecule has 0 aliphatic rings. The molecule has 8 N–H and O–H groups in total. The highest BCUT2D eigenvalue weighted by molar-refractivity contribution is 5.67. The number of hydrogen-bond donors (Lipinski definition) is 4. The lowest BCUT2D eigenvalue weighted by atomic mass is 10.5. The van der Waals surface area contributed by atoms with Gasteiger partial charge in [0.2, 0.25) is 0 Å². The van der Waals surface area contributed by atoms with E-state index >= 15 is 0 Å². The van der Waals surface area contributed by atoms with Gasteiger partial charge in [0, 0.05) is 26.2 Å². The molecule has 0 aliphatic heterocycles. The molecule has 0 aliphatic carbocycles. The Morgan fingerprint density at radius 3 is 1.37 bits per heavy atom. The van der Waals surface area contributed by atoms with Crippen molar-refractivity contribution < 1.29 is 38.0 Å². The van der Waals surface area contributed by atoms with E-state index in [0.29, 0.717) is 52.6 Å². The first-order valence-electron chi connectivity index (χ1n) is 9.29. The van der Waals surface area contributed by atoms with Gasteiger partial charge < -0.3 is 56.3 Å². The summed E-state index contributed by atoms with van der Waals surface area (Å²) in [5.41, 5.74) is 20.7. The molecule has 14 nitrogen and oxygen atoms in total. The lowest BCUT2D eigenvalue weighted by Crippen LogP contribution is -2.37. The van der Waals surface area contributed by atoms with Gasteiger partial charge in [-0.25, -0.2) is 9.59 Å². The Kier molecular flexibility index (Phi) is 23.8. The number of carbonyl (C=O) groups excluding carboxylic acids is 2. The normalized spacial score (nSPS) is 10.1. The maximum atomic E-state index is 11.4. The second kappa shape index (κ2) is 23.5. The Bertz CT molecular complexity index is 388. The summed E-state index contributed by atoms with van der Waals surface area (Å²) in [5, 5.41) is 0. The molecule has 0 spiro atoms. The number of hydrogen-bond acceptors (Lipinski definition) is 12. The van der Waals surface area contributed by atoms with Crippen LogP contribution in [0.1, 0.15) is 0 Å². The van der Waals surface area contributed by atoms with Gasteiger partial charge in [0.1, 0.15) is 13.5 Å². The Hall–Kier alpha value is -1.78. The molecule has 30 heavy (non-hydrogen) atoms. The first-order chi connectivity index (χ1) is 14.5. The molecule has 0 aromatic rings. The average Bonchev–Trinajstić information content (AvgIpc) is 2.77. The van der Waals surface area contributed by atoms with Crippen molar-refractivity contribution in [2.24, 2.45) is 22.9 Å². The SMILES string of the molecule is COC(=O)N(CCOCCN)CCOCCN.COC(=O)N(COCN)COCN. The van der Waals surface area contributed by atoms with Gasteiger partial charge >= 0.3 is 12.2 Å². The van der Waals surface area contributed by atoms with Crippen LogP contribution in [0.2, 0.25) is 0 Å². The summed E-state index contributed by atoms with van der Waals surface area (Å²) < 4.78 is 29.1. The summed E-state index contributed by atoms with van der Waals surface area (Å²) in [6, 6.07) is 0. The van der Waals surface area contributed by atoms with E-state index < -0.39 is 12.2 Å². The molecule has 0 rings (SSSR count). The van der Waals surface area contributed by atoms with Gasteiger partial charge in [0.25, 0.3) is 0 Å². The third-order valence-corrected chi connectivity index (χ3v) is 3.13. The Labute approximate surface area is 177 Å². The molecule has 0 heterocycles. The summed E-state index contributed by atoms with van der Waals surface area (Å²) in [7, 11) is 2.61. The molecule has 0 unspecified atom stereocenters. The van der Waals surface area contributed by atoms with Gasteiger partial charge in [-0.1, -0.05) is 0 Å². The van der Waals surface area contributed by atoms with Crippen molar-refractivity contribution >= 4 is 12.2 Å². The molecule has 0 aromatic heterocycles. The van der Waals surface area contributed by atoms with Gasteiger partial charge in [-0.05, 0) is 0 Å². The fraction of sp³-hybridized carbons (Fsp3) is 0.875. The predicted molar refractivity (Wildman–Crippen MR) is 108 cm³/mol. The fourth-order valence-corrected chi connectivity index (χ4v) is 1.74. The van der Waals surface area contributed by atoms with Gasteiger partial charge in [-0.15, -0.1) is 0 Å². The molecule has 14 heteroatoms. The zero-order chi connectivity index (χ0) is 23.0. The highest BCUT2D eigenvalue weighted by Crippen LogP contribution is 1.94. The quantitative estimate of drug-likeness (QED) is 0.149. The van der Waals surface area contributed by atoms with E-state index in [1.165, 1.54) is 24.0 Å². The minimum Gasteiger partial charge on any atom is -0.453 e. The Balaban J connectivity index is 0. The van der Waals surface area contributed by atoms with Crippen LogP contribution in [0.25, 0.3) is 0 Å². The van der Waals surface area contributed by atoms with Crippen molar-refractivity contribution in [3.8, 4) is 0 Å². The lowest BCUT2D eigenvalue weighted by Gasteiger charge is -2.20. The molecule has 0 saturated heterocycles. The number of carbonyl (C=O) groups is 2. The van der Waals surface area contributed by atoms with Crippen LogP contribution in [-0.2, 0) is 28.4 Å². The van der Waals surface area contributed by atoms with Crippen LogP contribution in [0.3, 0.4) is 0 Å². The zero-order valence-corrected chi connectivity index (χ0v) is 18.0. The van der Waals surface area contributed by atoms with Crippen molar-refractivity contribution in [1.29, 1.82) is 0 Å². The van der Waals surface area contributed by atoms with Crippen LogP contribution in [0.15, 0.2) is 0 Å². The molecule has 0 aromatic carbocycles. The standard InChI is InChI=1S/C10H23N3O4.C6H15N3O4/c1-15-10(14)13(4-8-16-6-2-11)5-9-17-7-3-12;1-11-6(10)9(4-12-2-7)5-13-3-8/h2-9,11-12H2,1H3;2-5,7-8H2,1H3. The van der Waals surface area contributed by atoms with E-state index in [1.54, 1.807) is 0 Å². The average molecular weight is 443 g/mol. The third kappa shape index (κ3) is 18.3. The number of amides is 2. The highest BCUT2D eigenvalue weighted by atomic mass is 16.6. The van der Waals surface area contributed by atoms with Gasteiger partial charge in [0.15, 0.2) is 0 Å². The molecule has 0 fully saturated rings. The molecule has 2 amide bonds. The molecule has 180 valence electrons. The van der Waals surface area contributed by atoms with E-state index in [-0.39, 0.29) is 26.9 Å². The minimum atomic E-state index is -0.554. The monoisotopic (exact) mass is 442 g/mol. The van der Waals surface area contributed by atoms with Crippen molar-refractivity contribution in [2.45, 2.75) is 0 Å². The maximum absolute atomic E-state index is 11.4. The zero-order valence-electron chi connectivity index (χ0n) is 18.0. The lowest BCUT2D eigenvalue weighted by molar-refractivity contribution is -0.0338. The van der Waals surface area contributed by atoms with E-state index in [0.717, 1.165) is 0 Å². The van der Waals surface area contributed by atoms with Crippen molar-refractivity contribution in [2.75, 3.05) is 93.7 Å². The molecule has 0 radical (unpaired) electrons. The van der Waals surface area contributed by atoms with Gasteiger partial charge in [-0.2, -0.15) is 0 Å². The van der Waals surface area contributed by atoms with Crippen LogP contribution in [0.5, 0.6) is 0 Å². The van der Waals surface area contributed by atoms with Crippen LogP contribution in [-0.4, -0.2) is 116 Å².